The van der Waals surface area contributed by atoms with E-state index in [4.69, 9.17) is 16.7 Å². The zero-order chi connectivity index (χ0) is 28.3. The van der Waals surface area contributed by atoms with Crippen LogP contribution in [0.2, 0.25) is 5.02 Å². The number of para-hydroxylation sites is 1. The van der Waals surface area contributed by atoms with E-state index < -0.39 is 29.2 Å². The molecule has 0 radical (unpaired) electrons. The number of benzene rings is 3. The van der Waals surface area contributed by atoms with Gasteiger partial charge in [-0.25, -0.2) is 9.18 Å². The van der Waals surface area contributed by atoms with E-state index in [-0.39, 0.29) is 30.2 Å². The van der Waals surface area contributed by atoms with Gasteiger partial charge in [-0.1, -0.05) is 68.8 Å². The van der Waals surface area contributed by atoms with E-state index in [1.807, 2.05) is 20.8 Å². The number of hydrogen-bond donors (Lipinski definition) is 3. The van der Waals surface area contributed by atoms with E-state index in [0.29, 0.717) is 21.5 Å². The van der Waals surface area contributed by atoms with Gasteiger partial charge in [0.25, 0.3) is 5.91 Å². The summed E-state index contributed by atoms with van der Waals surface area (Å²) in [6, 6.07) is 16.4. The average Bonchev–Trinajstić information content (AvgIpc) is 3.26. The summed E-state index contributed by atoms with van der Waals surface area (Å²) in [6.45, 7) is 5.92. The van der Waals surface area contributed by atoms with Gasteiger partial charge >= 0.3 is 5.97 Å². The van der Waals surface area contributed by atoms with Gasteiger partial charge in [0, 0.05) is 11.9 Å². The first-order valence-electron chi connectivity index (χ1n) is 12.2. The van der Waals surface area contributed by atoms with E-state index in [0.717, 1.165) is 5.56 Å². The summed E-state index contributed by atoms with van der Waals surface area (Å²) in [7, 11) is 0. The van der Waals surface area contributed by atoms with Gasteiger partial charge in [-0.3, -0.25) is 14.3 Å². The minimum Gasteiger partial charge on any atom is -0.478 e. The van der Waals surface area contributed by atoms with Crippen LogP contribution in [0, 0.1) is 11.2 Å². The Kier molecular flexibility index (Phi) is 8.01. The van der Waals surface area contributed by atoms with Gasteiger partial charge in [0.05, 0.1) is 22.6 Å². The lowest BCUT2D eigenvalue weighted by Crippen LogP contribution is -2.53. The zero-order valence-electron chi connectivity index (χ0n) is 21.7. The molecular formula is C29H28ClFN4O4. The Labute approximate surface area is 229 Å². The summed E-state index contributed by atoms with van der Waals surface area (Å²) >= 11 is 6.48. The summed E-state index contributed by atoms with van der Waals surface area (Å²) in [5, 5.41) is 20.2. The third kappa shape index (κ3) is 6.43. The maximum absolute atomic E-state index is 13.5. The Hall–Kier alpha value is -4.24. The van der Waals surface area contributed by atoms with Crippen LogP contribution in [0.5, 0.6) is 0 Å². The van der Waals surface area contributed by atoms with Crippen LogP contribution in [0.15, 0.2) is 66.7 Å². The minimum absolute atomic E-state index is 0.112. The normalized spacial score (nSPS) is 12.2. The fraction of sp³-hybridized carbons (Fsp3) is 0.241. The number of carboxylic acid groups (broad SMARTS) is 1. The summed E-state index contributed by atoms with van der Waals surface area (Å²) < 4.78 is 15.0. The quantitative estimate of drug-likeness (QED) is 0.284. The number of amides is 2. The molecule has 0 saturated heterocycles. The molecule has 10 heteroatoms. The molecule has 4 aromatic rings. The minimum atomic E-state index is -1.03. The fourth-order valence-electron chi connectivity index (χ4n) is 4.17. The van der Waals surface area contributed by atoms with Crippen LogP contribution in [-0.2, 0) is 17.9 Å². The van der Waals surface area contributed by atoms with Gasteiger partial charge in [0.2, 0.25) is 5.91 Å². The molecule has 202 valence electrons. The number of aromatic nitrogens is 2. The molecule has 0 aliphatic rings. The Bertz CT molecular complexity index is 1530. The van der Waals surface area contributed by atoms with Crippen molar-refractivity contribution >= 4 is 40.3 Å². The lowest BCUT2D eigenvalue weighted by molar-refractivity contribution is -0.125. The zero-order valence-corrected chi connectivity index (χ0v) is 22.4. The molecule has 0 fully saturated rings. The number of halogens is 2. The predicted octanol–water partition coefficient (Wildman–Crippen LogP) is 5.04. The van der Waals surface area contributed by atoms with Crippen molar-refractivity contribution in [3.8, 4) is 0 Å². The Balaban J connectivity index is 1.56. The predicted molar refractivity (Wildman–Crippen MR) is 146 cm³/mol. The molecule has 0 saturated carbocycles. The van der Waals surface area contributed by atoms with Gasteiger partial charge in [0.15, 0.2) is 5.69 Å². The van der Waals surface area contributed by atoms with E-state index in [1.54, 1.807) is 47.1 Å². The van der Waals surface area contributed by atoms with E-state index in [2.05, 4.69) is 15.7 Å². The molecule has 0 aliphatic carbocycles. The molecule has 0 aliphatic heterocycles. The molecule has 39 heavy (non-hydrogen) atoms. The molecule has 2 amide bonds. The number of aromatic carboxylic acids is 1. The van der Waals surface area contributed by atoms with Crippen LogP contribution in [0.25, 0.3) is 10.9 Å². The maximum atomic E-state index is 13.5. The highest BCUT2D eigenvalue weighted by Gasteiger charge is 2.34. The van der Waals surface area contributed by atoms with Crippen molar-refractivity contribution in [2.45, 2.75) is 39.9 Å². The van der Waals surface area contributed by atoms with Crippen LogP contribution in [0.1, 0.15) is 52.7 Å². The van der Waals surface area contributed by atoms with Gasteiger partial charge in [-0.05, 0) is 46.9 Å². The molecule has 3 aromatic carbocycles. The largest absolute Gasteiger partial charge is 0.478 e. The van der Waals surface area contributed by atoms with Gasteiger partial charge in [-0.15, -0.1) is 0 Å². The monoisotopic (exact) mass is 550 g/mol. The molecular weight excluding hydrogens is 523 g/mol. The molecule has 1 heterocycles. The van der Waals surface area contributed by atoms with E-state index >= 15 is 0 Å². The summed E-state index contributed by atoms with van der Waals surface area (Å²) in [6.07, 6.45) is 0. The van der Waals surface area contributed by atoms with Gasteiger partial charge in [0.1, 0.15) is 11.9 Å². The first-order valence-corrected chi connectivity index (χ1v) is 12.6. The van der Waals surface area contributed by atoms with Crippen LogP contribution >= 0.6 is 11.6 Å². The van der Waals surface area contributed by atoms with E-state index in [1.165, 1.54) is 24.3 Å². The Morgan fingerprint density at radius 1 is 1.00 bits per heavy atom. The number of carboxylic acids is 1. The highest BCUT2D eigenvalue weighted by molar-refractivity contribution is 6.35. The van der Waals surface area contributed by atoms with Crippen LogP contribution < -0.4 is 10.6 Å². The Morgan fingerprint density at radius 3 is 2.26 bits per heavy atom. The van der Waals surface area contributed by atoms with Crippen LogP contribution in [0.3, 0.4) is 0 Å². The number of rotatable bonds is 8. The molecule has 0 spiro atoms. The standard InChI is InChI=1S/C29H28ClFN4O4/c1-29(2,3)25(27(37)32-15-17-7-11-19(12-8-17)28(38)39)33-26(36)23-21-5-4-6-22(30)24(21)35(34-23)16-18-9-13-20(31)14-10-18/h4-14,25H,15-16H2,1-3H3,(H,32,37)(H,33,36)(H,38,39)/t25-/m1/s1. The SMILES string of the molecule is CC(C)(C)[C@H](NC(=O)c1nn(Cc2ccc(F)cc2)c2c(Cl)cccc12)C(=O)NCc1ccc(C(=O)O)cc1. The molecule has 8 nitrogen and oxygen atoms in total. The van der Waals surface area contributed by atoms with Crippen molar-refractivity contribution in [3.63, 3.8) is 0 Å². The topological polar surface area (TPSA) is 113 Å². The number of hydrogen-bond acceptors (Lipinski definition) is 4. The number of nitrogens with one attached hydrogen (secondary N) is 2. The molecule has 3 N–H and O–H groups in total. The highest BCUT2D eigenvalue weighted by Crippen LogP contribution is 2.28. The number of carbonyl (C=O) groups excluding carboxylic acids is 2. The maximum Gasteiger partial charge on any atom is 0.335 e. The van der Waals surface area contributed by atoms with Crippen molar-refractivity contribution in [1.82, 2.24) is 20.4 Å². The first kappa shape index (κ1) is 27.8. The number of carbonyl (C=O) groups is 3. The van der Waals surface area contributed by atoms with Crippen molar-refractivity contribution < 1.29 is 23.9 Å². The third-order valence-electron chi connectivity index (χ3n) is 6.25. The van der Waals surface area contributed by atoms with Crippen LogP contribution in [-0.4, -0.2) is 38.7 Å². The molecule has 0 bridgehead atoms. The first-order chi connectivity index (χ1) is 18.4. The number of fused-ring (bicyclic) bond motifs is 1. The number of nitrogens with zero attached hydrogens (tertiary/aromatic N) is 2. The van der Waals surface area contributed by atoms with Gasteiger partial charge < -0.3 is 15.7 Å². The lowest BCUT2D eigenvalue weighted by Gasteiger charge is -2.30. The molecule has 1 aromatic heterocycles. The van der Waals surface area contributed by atoms with Crippen LogP contribution in [0.4, 0.5) is 4.39 Å². The second-order valence-electron chi connectivity index (χ2n) is 10.3. The molecule has 4 rings (SSSR count). The van der Waals surface area contributed by atoms with E-state index in [9.17, 15) is 18.8 Å². The van der Waals surface area contributed by atoms with Crippen molar-refractivity contribution in [2.75, 3.05) is 0 Å². The Morgan fingerprint density at radius 2 is 1.64 bits per heavy atom. The molecule has 0 unspecified atom stereocenters. The van der Waals surface area contributed by atoms with Crippen molar-refractivity contribution in [1.29, 1.82) is 0 Å². The second kappa shape index (κ2) is 11.2. The average molecular weight is 551 g/mol. The third-order valence-corrected chi connectivity index (χ3v) is 6.56. The molecule has 1 atom stereocenters. The smallest absolute Gasteiger partial charge is 0.335 e. The lowest BCUT2D eigenvalue weighted by atomic mass is 9.86. The van der Waals surface area contributed by atoms with Gasteiger partial charge in [-0.2, -0.15) is 5.10 Å². The van der Waals surface area contributed by atoms with Crippen molar-refractivity contribution in [2.24, 2.45) is 5.41 Å². The second-order valence-corrected chi connectivity index (χ2v) is 10.7. The highest BCUT2D eigenvalue weighted by atomic mass is 35.5. The summed E-state index contributed by atoms with van der Waals surface area (Å²) in [5.74, 6) is -2.33. The summed E-state index contributed by atoms with van der Waals surface area (Å²) in [4.78, 5) is 37.8. The summed E-state index contributed by atoms with van der Waals surface area (Å²) in [5.41, 5.74) is 1.66. The fourth-order valence-corrected chi connectivity index (χ4v) is 4.44. The van der Waals surface area contributed by atoms with Crippen molar-refractivity contribution in [3.05, 3.63) is 100.0 Å².